The highest BCUT2D eigenvalue weighted by atomic mass is 32.2. The number of rotatable bonds is 6. The van der Waals surface area contributed by atoms with Gasteiger partial charge in [-0.25, -0.2) is 13.1 Å². The van der Waals surface area contributed by atoms with E-state index in [-0.39, 0.29) is 5.56 Å². The largest absolute Gasteiger partial charge is 0.456 e. The Kier molecular flexibility index (Phi) is 5.63. The van der Waals surface area contributed by atoms with Gasteiger partial charge in [0.15, 0.2) is 0 Å². The molecule has 0 spiro atoms. The SMILES string of the molecule is O=C(NS(=O)(=O)/C=C/c1ccccc1)c1ccc(Oc2cccnc2)cc1. The van der Waals surface area contributed by atoms with Crippen molar-refractivity contribution in [2.45, 2.75) is 0 Å². The summed E-state index contributed by atoms with van der Waals surface area (Å²) >= 11 is 0. The van der Waals surface area contributed by atoms with Crippen LogP contribution in [0.5, 0.6) is 11.5 Å². The minimum Gasteiger partial charge on any atom is -0.456 e. The molecule has 1 heterocycles. The van der Waals surface area contributed by atoms with Crippen LogP contribution in [0.15, 0.2) is 84.5 Å². The van der Waals surface area contributed by atoms with Crippen LogP contribution in [0.1, 0.15) is 15.9 Å². The van der Waals surface area contributed by atoms with Crippen LogP contribution < -0.4 is 9.46 Å². The van der Waals surface area contributed by atoms with Gasteiger partial charge >= 0.3 is 0 Å². The van der Waals surface area contributed by atoms with Crippen molar-refractivity contribution in [1.82, 2.24) is 9.71 Å². The maximum atomic E-state index is 12.2. The molecule has 0 saturated carbocycles. The van der Waals surface area contributed by atoms with Crippen LogP contribution in [0.3, 0.4) is 0 Å². The molecule has 0 aliphatic heterocycles. The Labute approximate surface area is 157 Å². The fourth-order valence-corrected chi connectivity index (χ4v) is 2.95. The number of nitrogens with zero attached hydrogens (tertiary/aromatic N) is 1. The van der Waals surface area contributed by atoms with Crippen molar-refractivity contribution in [3.8, 4) is 11.5 Å². The molecule has 27 heavy (non-hydrogen) atoms. The highest BCUT2D eigenvalue weighted by Gasteiger charge is 2.13. The molecular formula is C20H16N2O4S. The predicted molar refractivity (Wildman–Crippen MR) is 103 cm³/mol. The normalized spacial score (nSPS) is 11.3. The van der Waals surface area contributed by atoms with Gasteiger partial charge in [-0.05, 0) is 48.0 Å². The number of benzene rings is 2. The third kappa shape index (κ3) is 5.52. The van der Waals surface area contributed by atoms with Crippen LogP contribution >= 0.6 is 0 Å². The molecule has 136 valence electrons. The fraction of sp³-hybridized carbons (Fsp3) is 0. The molecule has 0 radical (unpaired) electrons. The summed E-state index contributed by atoms with van der Waals surface area (Å²) in [7, 11) is -3.91. The molecular weight excluding hydrogens is 364 g/mol. The molecule has 0 aliphatic rings. The van der Waals surface area contributed by atoms with Gasteiger partial charge in [-0.3, -0.25) is 9.78 Å². The van der Waals surface area contributed by atoms with Gasteiger partial charge in [-0.15, -0.1) is 0 Å². The van der Waals surface area contributed by atoms with Crippen molar-refractivity contribution in [2.75, 3.05) is 0 Å². The molecule has 0 bridgehead atoms. The lowest BCUT2D eigenvalue weighted by atomic mass is 10.2. The van der Waals surface area contributed by atoms with Crippen LogP contribution in [0.2, 0.25) is 0 Å². The Balaban J connectivity index is 1.64. The molecule has 6 nitrogen and oxygen atoms in total. The molecule has 0 unspecified atom stereocenters. The molecule has 7 heteroatoms. The van der Waals surface area contributed by atoms with Gasteiger partial charge in [-0.1, -0.05) is 30.3 Å². The molecule has 3 rings (SSSR count). The quantitative estimate of drug-likeness (QED) is 0.706. The first-order valence-electron chi connectivity index (χ1n) is 8.00. The summed E-state index contributed by atoms with van der Waals surface area (Å²) in [5.41, 5.74) is 0.914. The van der Waals surface area contributed by atoms with Gasteiger partial charge in [0.05, 0.1) is 11.6 Å². The van der Waals surface area contributed by atoms with Crippen molar-refractivity contribution in [2.24, 2.45) is 0 Å². The number of amides is 1. The van der Waals surface area contributed by atoms with Crippen molar-refractivity contribution in [3.05, 3.63) is 95.7 Å². The molecule has 1 N–H and O–H groups in total. The molecule has 2 aromatic carbocycles. The monoisotopic (exact) mass is 380 g/mol. The van der Waals surface area contributed by atoms with Gasteiger partial charge in [0.2, 0.25) is 0 Å². The maximum absolute atomic E-state index is 12.2. The molecule has 1 aromatic heterocycles. The summed E-state index contributed by atoms with van der Waals surface area (Å²) in [6.45, 7) is 0. The van der Waals surface area contributed by atoms with Crippen LogP contribution in [0.25, 0.3) is 6.08 Å². The number of pyridine rings is 1. The second-order valence-corrected chi connectivity index (χ2v) is 7.07. The molecule has 0 atom stereocenters. The van der Waals surface area contributed by atoms with Crippen LogP contribution in [0, 0.1) is 0 Å². The van der Waals surface area contributed by atoms with Crippen molar-refractivity contribution in [3.63, 3.8) is 0 Å². The van der Waals surface area contributed by atoms with Gasteiger partial charge < -0.3 is 4.74 Å². The minimum absolute atomic E-state index is 0.199. The number of aromatic nitrogens is 1. The number of carbonyl (C=O) groups is 1. The number of carbonyl (C=O) groups excluding carboxylic acids is 1. The average Bonchev–Trinajstić information content (AvgIpc) is 2.68. The van der Waals surface area contributed by atoms with Gasteiger partial charge in [0.25, 0.3) is 15.9 Å². The minimum atomic E-state index is -3.91. The van der Waals surface area contributed by atoms with E-state index >= 15 is 0 Å². The first kappa shape index (κ1) is 18.3. The first-order valence-corrected chi connectivity index (χ1v) is 9.55. The Bertz CT molecular complexity index is 1030. The summed E-state index contributed by atoms with van der Waals surface area (Å²) in [4.78, 5) is 16.1. The van der Waals surface area contributed by atoms with Crippen LogP contribution in [-0.2, 0) is 10.0 Å². The van der Waals surface area contributed by atoms with Crippen LogP contribution in [-0.4, -0.2) is 19.3 Å². The number of ether oxygens (including phenoxy) is 1. The Morgan fingerprint density at radius 3 is 2.33 bits per heavy atom. The van der Waals surface area contributed by atoms with Gasteiger partial charge in [-0.2, -0.15) is 0 Å². The molecule has 0 aliphatic carbocycles. The zero-order chi connectivity index (χ0) is 19.1. The third-order valence-electron chi connectivity index (χ3n) is 3.46. The first-order chi connectivity index (χ1) is 13.0. The number of sulfonamides is 1. The number of hydrogen-bond acceptors (Lipinski definition) is 5. The summed E-state index contributed by atoms with van der Waals surface area (Å²) in [5.74, 6) is 0.343. The van der Waals surface area contributed by atoms with Crippen molar-refractivity contribution >= 4 is 22.0 Å². The summed E-state index contributed by atoms with van der Waals surface area (Å²) in [5, 5.41) is 0.958. The summed E-state index contributed by atoms with van der Waals surface area (Å²) in [6, 6.07) is 18.5. The number of nitrogens with one attached hydrogen (secondary N) is 1. The lowest BCUT2D eigenvalue weighted by Gasteiger charge is -2.06. The highest BCUT2D eigenvalue weighted by molar-refractivity contribution is 7.93. The zero-order valence-electron chi connectivity index (χ0n) is 14.1. The summed E-state index contributed by atoms with van der Waals surface area (Å²) in [6.07, 6.45) is 4.61. The lowest BCUT2D eigenvalue weighted by Crippen LogP contribution is -2.28. The zero-order valence-corrected chi connectivity index (χ0v) is 15.0. The van der Waals surface area contributed by atoms with E-state index in [9.17, 15) is 13.2 Å². The average molecular weight is 380 g/mol. The Morgan fingerprint density at radius 2 is 1.67 bits per heavy atom. The number of hydrogen-bond donors (Lipinski definition) is 1. The van der Waals surface area contributed by atoms with Gasteiger partial charge in [0.1, 0.15) is 11.5 Å². The Hall–Kier alpha value is -3.45. The van der Waals surface area contributed by atoms with E-state index < -0.39 is 15.9 Å². The second kappa shape index (κ2) is 8.29. The highest BCUT2D eigenvalue weighted by Crippen LogP contribution is 2.20. The van der Waals surface area contributed by atoms with Crippen molar-refractivity contribution in [1.29, 1.82) is 0 Å². The smallest absolute Gasteiger partial charge is 0.264 e. The maximum Gasteiger partial charge on any atom is 0.264 e. The fourth-order valence-electron chi connectivity index (χ4n) is 2.17. The van der Waals surface area contributed by atoms with E-state index in [1.165, 1.54) is 18.2 Å². The van der Waals surface area contributed by atoms with E-state index in [4.69, 9.17) is 4.74 Å². The third-order valence-corrected chi connectivity index (χ3v) is 4.43. The van der Waals surface area contributed by atoms with E-state index in [1.807, 2.05) is 10.8 Å². The molecule has 1 amide bonds. The molecule has 0 saturated heterocycles. The van der Waals surface area contributed by atoms with E-state index in [2.05, 4.69) is 4.98 Å². The standard InChI is InChI=1S/C20H16N2O4S/c23-20(22-27(24,25)14-12-16-5-2-1-3-6-16)17-8-10-18(11-9-17)26-19-7-4-13-21-15-19/h1-15H,(H,22,23)/b14-12+. The second-order valence-electron chi connectivity index (χ2n) is 5.50. The topological polar surface area (TPSA) is 85.4 Å². The Morgan fingerprint density at radius 1 is 0.926 bits per heavy atom. The lowest BCUT2D eigenvalue weighted by molar-refractivity contribution is 0.0982. The van der Waals surface area contributed by atoms with Crippen LogP contribution in [0.4, 0.5) is 0 Å². The molecule has 0 fully saturated rings. The predicted octanol–water partition coefficient (Wildman–Crippen LogP) is 3.60. The van der Waals surface area contributed by atoms with Gasteiger partial charge in [0, 0.05) is 11.8 Å². The van der Waals surface area contributed by atoms with Crippen molar-refractivity contribution < 1.29 is 17.9 Å². The van der Waals surface area contributed by atoms with E-state index in [1.54, 1.807) is 60.9 Å². The summed E-state index contributed by atoms with van der Waals surface area (Å²) < 4.78 is 31.7. The molecule has 3 aromatic rings. The van der Waals surface area contributed by atoms with E-state index in [0.717, 1.165) is 5.41 Å². The van der Waals surface area contributed by atoms with E-state index in [0.29, 0.717) is 17.1 Å².